The van der Waals surface area contributed by atoms with Crippen LogP contribution < -0.4 is 4.74 Å². The van der Waals surface area contributed by atoms with Crippen molar-refractivity contribution in [3.63, 3.8) is 0 Å². The lowest BCUT2D eigenvalue weighted by molar-refractivity contribution is 0.212. The van der Waals surface area contributed by atoms with Crippen molar-refractivity contribution >= 4 is 0 Å². The van der Waals surface area contributed by atoms with Crippen molar-refractivity contribution in [1.82, 2.24) is 15.0 Å². The first-order valence-corrected chi connectivity index (χ1v) is 6.55. The summed E-state index contributed by atoms with van der Waals surface area (Å²) in [5, 5.41) is 3.84. The summed E-state index contributed by atoms with van der Waals surface area (Å²) in [4.78, 5) is 6.24. The van der Waals surface area contributed by atoms with Gasteiger partial charge in [-0.15, -0.1) is 0 Å². The highest BCUT2D eigenvalue weighted by Gasteiger charge is 2.08. The molecule has 0 aliphatic rings. The average molecular weight is 279 g/mol. The number of rotatable bonds is 7. The van der Waals surface area contributed by atoms with Gasteiger partial charge in [0, 0.05) is 19.0 Å². The van der Waals surface area contributed by atoms with Crippen molar-refractivity contribution in [3.8, 4) is 5.75 Å². The highest BCUT2D eigenvalue weighted by molar-refractivity contribution is 5.22. The van der Waals surface area contributed by atoms with Gasteiger partial charge in [-0.05, 0) is 19.2 Å². The number of ether oxygens (including phenoxy) is 1. The zero-order chi connectivity index (χ0) is 14.4. The molecule has 0 saturated heterocycles. The van der Waals surface area contributed by atoms with Crippen LogP contribution >= 0.6 is 0 Å². The van der Waals surface area contributed by atoms with Gasteiger partial charge in [-0.2, -0.15) is 4.98 Å². The Balaban J connectivity index is 1.73. The maximum absolute atomic E-state index is 13.0. The van der Waals surface area contributed by atoms with Gasteiger partial charge in [0.1, 0.15) is 18.2 Å². The molecule has 0 unspecified atom stereocenters. The van der Waals surface area contributed by atoms with E-state index in [2.05, 4.69) is 10.1 Å². The van der Waals surface area contributed by atoms with Gasteiger partial charge in [0.15, 0.2) is 5.82 Å². The molecule has 0 aliphatic carbocycles. The first-order valence-electron chi connectivity index (χ1n) is 6.55. The molecule has 1 aromatic carbocycles. The standard InChI is InChI=1S/C14H18FN3O2/c1-3-13-16-14(20-17-13)10-18(2)7-8-19-12-6-4-5-11(15)9-12/h4-6,9H,3,7-8,10H2,1-2H3. The fourth-order valence-corrected chi connectivity index (χ4v) is 1.68. The molecular weight excluding hydrogens is 261 g/mol. The van der Waals surface area contributed by atoms with Crippen LogP contribution in [0, 0.1) is 5.82 Å². The number of likely N-dealkylation sites (N-methyl/N-ethyl adjacent to an activating group) is 1. The van der Waals surface area contributed by atoms with Crippen LogP contribution in [-0.4, -0.2) is 35.2 Å². The van der Waals surface area contributed by atoms with E-state index < -0.39 is 0 Å². The van der Waals surface area contributed by atoms with Crippen LogP contribution in [0.3, 0.4) is 0 Å². The fraction of sp³-hybridized carbons (Fsp3) is 0.429. The second-order valence-corrected chi connectivity index (χ2v) is 4.50. The number of benzene rings is 1. The molecule has 0 atom stereocenters. The molecule has 2 rings (SSSR count). The van der Waals surface area contributed by atoms with Crippen LogP contribution in [0.25, 0.3) is 0 Å². The molecule has 20 heavy (non-hydrogen) atoms. The summed E-state index contributed by atoms with van der Waals surface area (Å²) >= 11 is 0. The third-order valence-corrected chi connectivity index (χ3v) is 2.77. The second kappa shape index (κ2) is 7.00. The molecule has 1 heterocycles. The largest absolute Gasteiger partial charge is 0.492 e. The Kier molecular flexibility index (Phi) is 5.06. The minimum Gasteiger partial charge on any atom is -0.492 e. The fourth-order valence-electron chi connectivity index (χ4n) is 1.68. The smallest absolute Gasteiger partial charge is 0.240 e. The normalized spacial score (nSPS) is 11.0. The molecule has 2 aromatic rings. The lowest BCUT2D eigenvalue weighted by atomic mass is 10.3. The van der Waals surface area contributed by atoms with E-state index in [-0.39, 0.29) is 5.82 Å². The first-order chi connectivity index (χ1) is 9.67. The molecule has 0 bridgehead atoms. The van der Waals surface area contributed by atoms with Gasteiger partial charge in [-0.1, -0.05) is 18.1 Å². The summed E-state index contributed by atoms with van der Waals surface area (Å²) in [7, 11) is 1.94. The van der Waals surface area contributed by atoms with E-state index in [1.807, 2.05) is 18.9 Å². The molecule has 0 amide bonds. The first kappa shape index (κ1) is 14.5. The molecule has 0 spiro atoms. The monoisotopic (exact) mass is 279 g/mol. The number of hydrogen-bond donors (Lipinski definition) is 0. The number of aromatic nitrogens is 2. The van der Waals surface area contributed by atoms with E-state index in [4.69, 9.17) is 9.26 Å². The summed E-state index contributed by atoms with van der Waals surface area (Å²) < 4.78 is 23.5. The Morgan fingerprint density at radius 1 is 1.40 bits per heavy atom. The summed E-state index contributed by atoms with van der Waals surface area (Å²) in [5.41, 5.74) is 0. The lowest BCUT2D eigenvalue weighted by Gasteiger charge is -2.14. The maximum atomic E-state index is 13.0. The van der Waals surface area contributed by atoms with Crippen LogP contribution in [0.15, 0.2) is 28.8 Å². The summed E-state index contributed by atoms with van der Waals surface area (Å²) in [6, 6.07) is 6.11. The van der Waals surface area contributed by atoms with E-state index in [1.165, 1.54) is 12.1 Å². The molecule has 0 saturated carbocycles. The molecule has 0 aliphatic heterocycles. The van der Waals surface area contributed by atoms with Crippen LogP contribution in [0.1, 0.15) is 18.6 Å². The Hall–Kier alpha value is -1.95. The van der Waals surface area contributed by atoms with Crippen LogP contribution in [-0.2, 0) is 13.0 Å². The maximum Gasteiger partial charge on any atom is 0.240 e. The van der Waals surface area contributed by atoms with Crippen molar-refractivity contribution in [2.75, 3.05) is 20.2 Å². The molecule has 1 aromatic heterocycles. The third-order valence-electron chi connectivity index (χ3n) is 2.77. The van der Waals surface area contributed by atoms with Gasteiger partial charge in [0.25, 0.3) is 0 Å². The van der Waals surface area contributed by atoms with Gasteiger partial charge in [0.05, 0.1) is 6.54 Å². The number of halogens is 1. The van der Waals surface area contributed by atoms with Crippen molar-refractivity contribution in [2.45, 2.75) is 19.9 Å². The molecule has 108 valence electrons. The molecule has 0 fully saturated rings. The second-order valence-electron chi connectivity index (χ2n) is 4.50. The van der Waals surface area contributed by atoms with Gasteiger partial charge >= 0.3 is 0 Å². The average Bonchev–Trinajstić information content (AvgIpc) is 2.86. The number of nitrogens with zero attached hydrogens (tertiary/aromatic N) is 3. The van der Waals surface area contributed by atoms with Gasteiger partial charge in [-0.3, -0.25) is 4.90 Å². The number of hydrogen-bond acceptors (Lipinski definition) is 5. The van der Waals surface area contributed by atoms with Gasteiger partial charge < -0.3 is 9.26 Å². The quantitative estimate of drug-likeness (QED) is 0.778. The van der Waals surface area contributed by atoms with Crippen molar-refractivity contribution < 1.29 is 13.7 Å². The van der Waals surface area contributed by atoms with Gasteiger partial charge in [0.2, 0.25) is 5.89 Å². The van der Waals surface area contributed by atoms with E-state index in [9.17, 15) is 4.39 Å². The van der Waals surface area contributed by atoms with E-state index in [0.717, 1.165) is 6.42 Å². The molecule has 0 radical (unpaired) electrons. The highest BCUT2D eigenvalue weighted by atomic mass is 19.1. The van der Waals surface area contributed by atoms with Crippen molar-refractivity contribution in [1.29, 1.82) is 0 Å². The molecule has 6 heteroatoms. The van der Waals surface area contributed by atoms with Crippen LogP contribution in [0.2, 0.25) is 0 Å². The molecule has 5 nitrogen and oxygen atoms in total. The third kappa shape index (κ3) is 4.31. The molecule has 0 N–H and O–H groups in total. The van der Waals surface area contributed by atoms with E-state index in [1.54, 1.807) is 12.1 Å². The van der Waals surface area contributed by atoms with Crippen molar-refractivity contribution in [3.05, 3.63) is 41.8 Å². The van der Waals surface area contributed by atoms with Crippen LogP contribution in [0.4, 0.5) is 4.39 Å². The Morgan fingerprint density at radius 3 is 2.95 bits per heavy atom. The predicted molar refractivity (Wildman–Crippen MR) is 71.9 cm³/mol. The summed E-state index contributed by atoms with van der Waals surface area (Å²) in [6.45, 7) is 3.69. The number of aryl methyl sites for hydroxylation is 1. The lowest BCUT2D eigenvalue weighted by Crippen LogP contribution is -2.24. The van der Waals surface area contributed by atoms with E-state index >= 15 is 0 Å². The van der Waals surface area contributed by atoms with Crippen LogP contribution in [0.5, 0.6) is 5.75 Å². The highest BCUT2D eigenvalue weighted by Crippen LogP contribution is 2.11. The topological polar surface area (TPSA) is 51.4 Å². The Bertz CT molecular complexity index is 545. The zero-order valence-electron chi connectivity index (χ0n) is 11.7. The minimum absolute atomic E-state index is 0.297. The predicted octanol–water partition coefficient (Wildman–Crippen LogP) is 2.28. The zero-order valence-corrected chi connectivity index (χ0v) is 11.7. The van der Waals surface area contributed by atoms with E-state index in [0.29, 0.717) is 37.2 Å². The van der Waals surface area contributed by atoms with Gasteiger partial charge in [-0.25, -0.2) is 4.39 Å². The summed E-state index contributed by atoms with van der Waals surface area (Å²) in [6.07, 6.45) is 0.760. The Labute approximate surface area is 117 Å². The van der Waals surface area contributed by atoms with Crippen molar-refractivity contribution in [2.24, 2.45) is 0 Å². The minimum atomic E-state index is -0.297. The Morgan fingerprint density at radius 2 is 2.25 bits per heavy atom. The molecular formula is C14H18FN3O2. The SMILES string of the molecule is CCc1noc(CN(C)CCOc2cccc(F)c2)n1. The summed E-state index contributed by atoms with van der Waals surface area (Å²) in [5.74, 6) is 1.54.